The predicted molar refractivity (Wildman–Crippen MR) is 87.6 cm³/mol. The van der Waals surface area contributed by atoms with Gasteiger partial charge < -0.3 is 14.8 Å². The lowest BCUT2D eigenvalue weighted by atomic mass is 9.88. The maximum Gasteiger partial charge on any atom is 0.412 e. The molecule has 1 saturated heterocycles. The van der Waals surface area contributed by atoms with Gasteiger partial charge in [0.2, 0.25) is 0 Å². The number of hydrogen-bond donors (Lipinski definition) is 2. The van der Waals surface area contributed by atoms with Gasteiger partial charge in [-0.25, -0.2) is 4.79 Å². The lowest BCUT2D eigenvalue weighted by Crippen LogP contribution is -2.61. The molecule has 0 aliphatic carbocycles. The van der Waals surface area contributed by atoms with Crippen LogP contribution in [-0.4, -0.2) is 37.5 Å². The molecule has 2 N–H and O–H groups in total. The molecule has 6 heteroatoms. The molecular formula is C16H23ClN2O3. The van der Waals surface area contributed by atoms with E-state index in [0.29, 0.717) is 17.1 Å². The number of benzene rings is 1. The molecule has 0 spiro atoms. The molecule has 2 rings (SSSR count). The van der Waals surface area contributed by atoms with Crippen LogP contribution < -0.4 is 10.6 Å². The van der Waals surface area contributed by atoms with Crippen molar-refractivity contribution in [1.29, 1.82) is 0 Å². The second kappa shape index (κ2) is 6.44. The lowest BCUT2D eigenvalue weighted by Gasteiger charge is -2.41. The topological polar surface area (TPSA) is 59.6 Å². The number of rotatable bonds is 4. The highest BCUT2D eigenvalue weighted by Crippen LogP contribution is 2.29. The van der Waals surface area contributed by atoms with Gasteiger partial charge in [0.25, 0.3) is 0 Å². The van der Waals surface area contributed by atoms with Crippen LogP contribution in [0.15, 0.2) is 18.2 Å². The van der Waals surface area contributed by atoms with Crippen molar-refractivity contribution in [2.45, 2.75) is 38.4 Å². The Morgan fingerprint density at radius 3 is 2.59 bits per heavy atom. The molecule has 122 valence electrons. The van der Waals surface area contributed by atoms with Crippen LogP contribution >= 0.6 is 11.6 Å². The summed E-state index contributed by atoms with van der Waals surface area (Å²) in [5, 5.41) is 6.63. The zero-order valence-corrected chi connectivity index (χ0v) is 14.2. The molecular weight excluding hydrogens is 304 g/mol. The van der Waals surface area contributed by atoms with Gasteiger partial charge in [0.05, 0.1) is 5.60 Å². The molecule has 0 bridgehead atoms. The van der Waals surface area contributed by atoms with E-state index in [-0.39, 0.29) is 5.60 Å². The van der Waals surface area contributed by atoms with Gasteiger partial charge >= 0.3 is 6.09 Å². The molecule has 0 radical (unpaired) electrons. The summed E-state index contributed by atoms with van der Waals surface area (Å²) in [6.07, 6.45) is 0.191. The Bertz CT molecular complexity index is 545. The number of hydrogen-bond acceptors (Lipinski definition) is 4. The van der Waals surface area contributed by atoms with E-state index < -0.39 is 11.7 Å². The van der Waals surface area contributed by atoms with E-state index >= 15 is 0 Å². The van der Waals surface area contributed by atoms with Crippen molar-refractivity contribution in [2.75, 3.05) is 25.5 Å². The maximum absolute atomic E-state index is 12.0. The summed E-state index contributed by atoms with van der Waals surface area (Å²) in [4.78, 5) is 12.0. The molecule has 0 unspecified atom stereocenters. The quantitative estimate of drug-likeness (QED) is 0.892. The summed E-state index contributed by atoms with van der Waals surface area (Å²) in [6.45, 7) is 7.05. The van der Waals surface area contributed by atoms with Crippen LogP contribution in [0.1, 0.15) is 26.3 Å². The molecule has 1 aliphatic heterocycles. The summed E-state index contributed by atoms with van der Waals surface area (Å²) >= 11 is 6.09. The van der Waals surface area contributed by atoms with Crippen LogP contribution in [0.4, 0.5) is 10.5 Å². The molecule has 1 aliphatic rings. The van der Waals surface area contributed by atoms with Gasteiger partial charge in [-0.05, 0) is 44.5 Å². The van der Waals surface area contributed by atoms with Crippen LogP contribution in [0.2, 0.25) is 5.02 Å². The number of halogens is 1. The molecule has 0 aromatic heterocycles. The van der Waals surface area contributed by atoms with Gasteiger partial charge in [-0.3, -0.25) is 5.32 Å². The second-order valence-electron chi connectivity index (χ2n) is 6.60. The Morgan fingerprint density at radius 2 is 2.09 bits per heavy atom. The first kappa shape index (κ1) is 17.1. The number of nitrogens with one attached hydrogen (secondary N) is 2. The molecule has 1 fully saturated rings. The molecule has 1 aromatic carbocycles. The van der Waals surface area contributed by atoms with Crippen LogP contribution in [0, 0.1) is 0 Å². The number of carbonyl (C=O) groups excluding carboxylic acids is 1. The summed E-state index contributed by atoms with van der Waals surface area (Å²) in [5.74, 6) is 0. The third-order valence-electron chi connectivity index (χ3n) is 3.54. The van der Waals surface area contributed by atoms with Crippen molar-refractivity contribution < 1.29 is 14.3 Å². The predicted octanol–water partition coefficient (Wildman–Crippen LogP) is 3.22. The first-order chi connectivity index (χ1) is 10.2. The zero-order valence-electron chi connectivity index (χ0n) is 13.5. The standard InChI is InChI=1S/C16H23ClN2O3/c1-15(2,3)22-14(20)19-13-6-5-12(17)7-11(13)8-16(21-4)9-18-10-16/h5-7,18H,8-10H2,1-4H3,(H,19,20). The number of methoxy groups -OCH3 is 1. The van der Waals surface area contributed by atoms with E-state index in [0.717, 1.165) is 18.7 Å². The molecule has 1 amide bonds. The molecule has 1 heterocycles. The van der Waals surface area contributed by atoms with Crippen molar-refractivity contribution >= 4 is 23.4 Å². The minimum Gasteiger partial charge on any atom is -0.444 e. The Hall–Kier alpha value is -1.30. The summed E-state index contributed by atoms with van der Waals surface area (Å²) in [6, 6.07) is 5.39. The van der Waals surface area contributed by atoms with Crippen molar-refractivity contribution in [1.82, 2.24) is 5.32 Å². The molecule has 22 heavy (non-hydrogen) atoms. The monoisotopic (exact) mass is 326 g/mol. The van der Waals surface area contributed by atoms with E-state index in [9.17, 15) is 4.79 Å². The summed E-state index contributed by atoms with van der Waals surface area (Å²) < 4.78 is 10.9. The van der Waals surface area contributed by atoms with Crippen molar-refractivity contribution in [3.05, 3.63) is 28.8 Å². The zero-order chi connectivity index (χ0) is 16.4. The second-order valence-corrected chi connectivity index (χ2v) is 7.03. The maximum atomic E-state index is 12.0. The fraction of sp³-hybridized carbons (Fsp3) is 0.562. The average molecular weight is 327 g/mol. The van der Waals surface area contributed by atoms with Gasteiger partial charge in [0, 0.05) is 37.3 Å². The number of anilines is 1. The van der Waals surface area contributed by atoms with Gasteiger partial charge in [0.1, 0.15) is 5.60 Å². The minimum absolute atomic E-state index is 0.241. The fourth-order valence-electron chi connectivity index (χ4n) is 2.34. The average Bonchev–Trinajstić information content (AvgIpc) is 2.34. The van der Waals surface area contributed by atoms with Gasteiger partial charge in [-0.1, -0.05) is 11.6 Å². The van der Waals surface area contributed by atoms with Crippen LogP contribution in [0.3, 0.4) is 0 Å². The molecule has 0 saturated carbocycles. The number of carbonyl (C=O) groups is 1. The van der Waals surface area contributed by atoms with Gasteiger partial charge in [0.15, 0.2) is 0 Å². The first-order valence-corrected chi connectivity index (χ1v) is 7.65. The Kier molecular flexibility index (Phi) is 5.00. The van der Waals surface area contributed by atoms with Crippen molar-refractivity contribution in [2.24, 2.45) is 0 Å². The molecule has 0 atom stereocenters. The Morgan fingerprint density at radius 1 is 1.41 bits per heavy atom. The normalized spacial score (nSPS) is 16.8. The fourth-order valence-corrected chi connectivity index (χ4v) is 2.53. The van der Waals surface area contributed by atoms with E-state index in [1.807, 2.05) is 26.8 Å². The summed E-state index contributed by atoms with van der Waals surface area (Å²) in [7, 11) is 1.70. The Labute approximate surface area is 136 Å². The van der Waals surface area contributed by atoms with E-state index in [1.165, 1.54) is 0 Å². The van der Waals surface area contributed by atoms with Crippen LogP contribution in [0.25, 0.3) is 0 Å². The number of amides is 1. The molecule has 5 nitrogen and oxygen atoms in total. The SMILES string of the molecule is COC1(Cc2cc(Cl)ccc2NC(=O)OC(C)(C)C)CNC1. The lowest BCUT2D eigenvalue weighted by molar-refractivity contribution is -0.0501. The minimum atomic E-state index is -0.539. The highest BCUT2D eigenvalue weighted by atomic mass is 35.5. The van der Waals surface area contributed by atoms with Crippen molar-refractivity contribution in [3.8, 4) is 0 Å². The third-order valence-corrected chi connectivity index (χ3v) is 3.78. The summed E-state index contributed by atoms with van der Waals surface area (Å²) in [5.41, 5.74) is 0.848. The number of ether oxygens (including phenoxy) is 2. The van der Waals surface area contributed by atoms with E-state index in [1.54, 1.807) is 19.2 Å². The van der Waals surface area contributed by atoms with Crippen LogP contribution in [-0.2, 0) is 15.9 Å². The molecule has 1 aromatic rings. The highest BCUT2D eigenvalue weighted by Gasteiger charge is 2.37. The highest BCUT2D eigenvalue weighted by molar-refractivity contribution is 6.30. The smallest absolute Gasteiger partial charge is 0.412 e. The van der Waals surface area contributed by atoms with Crippen molar-refractivity contribution in [3.63, 3.8) is 0 Å². The van der Waals surface area contributed by atoms with Crippen LogP contribution in [0.5, 0.6) is 0 Å². The van der Waals surface area contributed by atoms with E-state index in [4.69, 9.17) is 21.1 Å². The Balaban J connectivity index is 2.15. The third kappa shape index (κ3) is 4.35. The first-order valence-electron chi connectivity index (χ1n) is 7.27. The largest absolute Gasteiger partial charge is 0.444 e. The van der Waals surface area contributed by atoms with Gasteiger partial charge in [-0.15, -0.1) is 0 Å². The van der Waals surface area contributed by atoms with E-state index in [2.05, 4.69) is 10.6 Å². The van der Waals surface area contributed by atoms with Gasteiger partial charge in [-0.2, -0.15) is 0 Å².